The average Bonchev–Trinajstić information content (AvgIpc) is 3.14. The van der Waals surface area contributed by atoms with Gasteiger partial charge in [-0.15, -0.1) is 0 Å². The highest BCUT2D eigenvalue weighted by atomic mass is 19.1. The SMILES string of the molecule is NC(=O)C(NC(=O)CCc1ccc(-c2ccccc2F)o1)c1ccccc1. The number of aryl methyl sites for hydroxylation is 1. The minimum Gasteiger partial charge on any atom is -0.461 e. The van der Waals surface area contributed by atoms with Crippen molar-refractivity contribution in [3.63, 3.8) is 0 Å². The first-order valence-corrected chi connectivity index (χ1v) is 8.52. The van der Waals surface area contributed by atoms with E-state index in [1.165, 1.54) is 6.07 Å². The van der Waals surface area contributed by atoms with Crippen LogP contribution in [-0.4, -0.2) is 11.8 Å². The van der Waals surface area contributed by atoms with Crippen LogP contribution in [0.5, 0.6) is 0 Å². The average molecular weight is 366 g/mol. The minimum atomic E-state index is -0.885. The van der Waals surface area contributed by atoms with Crippen LogP contribution < -0.4 is 11.1 Å². The van der Waals surface area contributed by atoms with Gasteiger partial charge in [0.25, 0.3) is 0 Å². The number of primary amides is 1. The lowest BCUT2D eigenvalue weighted by atomic mass is 10.1. The second-order valence-electron chi connectivity index (χ2n) is 6.06. The van der Waals surface area contributed by atoms with Crippen LogP contribution in [0, 0.1) is 5.82 Å². The van der Waals surface area contributed by atoms with Gasteiger partial charge in [-0.3, -0.25) is 9.59 Å². The molecule has 0 aliphatic carbocycles. The smallest absolute Gasteiger partial charge is 0.244 e. The Morgan fingerprint density at radius 3 is 2.41 bits per heavy atom. The number of carbonyl (C=O) groups is 2. The first-order chi connectivity index (χ1) is 13.0. The van der Waals surface area contributed by atoms with Crippen LogP contribution >= 0.6 is 0 Å². The fraction of sp³-hybridized carbons (Fsp3) is 0.143. The lowest BCUT2D eigenvalue weighted by Crippen LogP contribution is -2.37. The number of furan rings is 1. The number of hydrogen-bond acceptors (Lipinski definition) is 3. The van der Waals surface area contributed by atoms with E-state index in [2.05, 4.69) is 5.32 Å². The Bertz CT molecular complexity index is 937. The van der Waals surface area contributed by atoms with E-state index in [0.717, 1.165) is 0 Å². The third-order valence-electron chi connectivity index (χ3n) is 4.12. The van der Waals surface area contributed by atoms with Gasteiger partial charge in [-0.25, -0.2) is 4.39 Å². The van der Waals surface area contributed by atoms with Gasteiger partial charge in [0, 0.05) is 12.8 Å². The Balaban J connectivity index is 1.61. The molecule has 2 amide bonds. The minimum absolute atomic E-state index is 0.112. The van der Waals surface area contributed by atoms with Gasteiger partial charge in [0.05, 0.1) is 5.56 Å². The van der Waals surface area contributed by atoms with Crippen molar-refractivity contribution in [1.82, 2.24) is 5.32 Å². The molecule has 3 rings (SSSR count). The molecule has 0 saturated heterocycles. The quantitative estimate of drug-likeness (QED) is 0.672. The molecule has 0 fully saturated rings. The number of amides is 2. The monoisotopic (exact) mass is 366 g/mol. The highest BCUT2D eigenvalue weighted by molar-refractivity contribution is 5.87. The lowest BCUT2D eigenvalue weighted by molar-refractivity contribution is -0.127. The number of nitrogens with two attached hydrogens (primary N) is 1. The predicted molar refractivity (Wildman–Crippen MR) is 98.9 cm³/mol. The van der Waals surface area contributed by atoms with Crippen molar-refractivity contribution >= 4 is 11.8 Å². The molecule has 0 aliphatic heterocycles. The van der Waals surface area contributed by atoms with Crippen molar-refractivity contribution in [2.24, 2.45) is 5.73 Å². The maximum absolute atomic E-state index is 13.8. The molecule has 2 aromatic carbocycles. The van der Waals surface area contributed by atoms with E-state index < -0.39 is 11.9 Å². The summed E-state index contributed by atoms with van der Waals surface area (Å²) >= 11 is 0. The molecule has 0 spiro atoms. The molecule has 1 heterocycles. The van der Waals surface area contributed by atoms with Crippen LogP contribution in [0.25, 0.3) is 11.3 Å². The topological polar surface area (TPSA) is 85.3 Å². The van der Waals surface area contributed by atoms with Crippen molar-refractivity contribution in [3.8, 4) is 11.3 Å². The van der Waals surface area contributed by atoms with Gasteiger partial charge in [-0.2, -0.15) is 0 Å². The van der Waals surface area contributed by atoms with Crippen molar-refractivity contribution < 1.29 is 18.4 Å². The third kappa shape index (κ3) is 4.61. The summed E-state index contributed by atoms with van der Waals surface area (Å²) in [5, 5.41) is 2.64. The van der Waals surface area contributed by atoms with E-state index in [-0.39, 0.29) is 18.1 Å². The number of nitrogens with one attached hydrogen (secondary N) is 1. The summed E-state index contributed by atoms with van der Waals surface area (Å²) < 4.78 is 19.4. The van der Waals surface area contributed by atoms with Crippen LogP contribution in [0.3, 0.4) is 0 Å². The molecule has 138 valence electrons. The standard InChI is InChI=1S/C21H19FN2O3/c22-17-9-5-4-8-16(17)18-12-10-15(27-18)11-13-19(25)24-20(21(23)26)14-6-2-1-3-7-14/h1-10,12,20H,11,13H2,(H2,23,26)(H,24,25). The van der Waals surface area contributed by atoms with Gasteiger partial charge in [0.15, 0.2) is 0 Å². The molecule has 0 aliphatic rings. The van der Waals surface area contributed by atoms with Crippen molar-refractivity contribution in [2.75, 3.05) is 0 Å². The van der Waals surface area contributed by atoms with Crippen LogP contribution in [-0.2, 0) is 16.0 Å². The molecule has 3 N–H and O–H groups in total. The summed E-state index contributed by atoms with van der Waals surface area (Å²) in [6.07, 6.45) is 0.432. The first-order valence-electron chi connectivity index (χ1n) is 8.52. The Hall–Kier alpha value is -3.41. The summed E-state index contributed by atoms with van der Waals surface area (Å²) in [4.78, 5) is 23.9. The highest BCUT2D eigenvalue weighted by Gasteiger charge is 2.20. The van der Waals surface area contributed by atoms with E-state index >= 15 is 0 Å². The molecular formula is C21H19FN2O3. The molecule has 1 aromatic heterocycles. The normalized spacial score (nSPS) is 11.7. The maximum Gasteiger partial charge on any atom is 0.244 e. The Labute approximate surface area is 156 Å². The second kappa shape index (κ2) is 8.31. The van der Waals surface area contributed by atoms with Crippen molar-refractivity contribution in [2.45, 2.75) is 18.9 Å². The molecule has 3 aromatic rings. The number of hydrogen-bond donors (Lipinski definition) is 2. The van der Waals surface area contributed by atoms with Gasteiger partial charge in [-0.05, 0) is 29.8 Å². The van der Waals surface area contributed by atoms with Crippen LogP contribution in [0.4, 0.5) is 4.39 Å². The van der Waals surface area contributed by atoms with E-state index in [1.54, 1.807) is 54.6 Å². The number of carbonyl (C=O) groups excluding carboxylic acids is 2. The summed E-state index contributed by atoms with van der Waals surface area (Å²) in [7, 11) is 0. The molecule has 27 heavy (non-hydrogen) atoms. The zero-order valence-corrected chi connectivity index (χ0v) is 14.5. The summed E-state index contributed by atoms with van der Waals surface area (Å²) in [6.45, 7) is 0. The lowest BCUT2D eigenvalue weighted by Gasteiger charge is -2.15. The predicted octanol–water partition coefficient (Wildman–Crippen LogP) is 3.36. The van der Waals surface area contributed by atoms with Crippen molar-refractivity contribution in [3.05, 3.63) is 83.9 Å². The molecule has 1 unspecified atom stereocenters. The van der Waals surface area contributed by atoms with Gasteiger partial charge in [-0.1, -0.05) is 42.5 Å². The largest absolute Gasteiger partial charge is 0.461 e. The third-order valence-corrected chi connectivity index (χ3v) is 4.12. The fourth-order valence-corrected chi connectivity index (χ4v) is 2.75. The van der Waals surface area contributed by atoms with Gasteiger partial charge in [0.1, 0.15) is 23.4 Å². The maximum atomic E-state index is 13.8. The number of halogens is 1. The molecule has 6 heteroatoms. The van der Waals surface area contributed by atoms with E-state index in [1.807, 2.05) is 6.07 Å². The highest BCUT2D eigenvalue weighted by Crippen LogP contribution is 2.25. The molecular weight excluding hydrogens is 347 g/mol. The molecule has 0 saturated carbocycles. The Morgan fingerprint density at radius 1 is 1.00 bits per heavy atom. The molecule has 0 radical (unpaired) electrons. The van der Waals surface area contributed by atoms with Crippen molar-refractivity contribution in [1.29, 1.82) is 0 Å². The summed E-state index contributed by atoms with van der Waals surface area (Å²) in [5.74, 6) is -0.370. The van der Waals surface area contributed by atoms with Crippen LogP contribution in [0.2, 0.25) is 0 Å². The summed E-state index contributed by atoms with van der Waals surface area (Å²) in [5.41, 5.74) is 6.39. The van der Waals surface area contributed by atoms with Crippen LogP contribution in [0.1, 0.15) is 23.8 Å². The summed E-state index contributed by atoms with van der Waals surface area (Å²) in [6, 6.07) is 17.6. The Kier molecular flexibility index (Phi) is 5.66. The molecule has 0 bridgehead atoms. The molecule has 5 nitrogen and oxygen atoms in total. The van der Waals surface area contributed by atoms with Crippen LogP contribution in [0.15, 0.2) is 71.1 Å². The van der Waals surface area contributed by atoms with Gasteiger partial charge >= 0.3 is 0 Å². The van der Waals surface area contributed by atoms with Gasteiger partial charge in [0.2, 0.25) is 11.8 Å². The fourth-order valence-electron chi connectivity index (χ4n) is 2.75. The number of rotatable bonds is 7. The van der Waals surface area contributed by atoms with Gasteiger partial charge < -0.3 is 15.5 Å². The zero-order valence-electron chi connectivity index (χ0n) is 14.5. The Morgan fingerprint density at radius 2 is 1.70 bits per heavy atom. The molecule has 1 atom stereocenters. The number of benzene rings is 2. The first kappa shape index (κ1) is 18.4. The van der Waals surface area contributed by atoms with E-state index in [9.17, 15) is 14.0 Å². The van der Waals surface area contributed by atoms with E-state index in [4.69, 9.17) is 10.2 Å². The second-order valence-corrected chi connectivity index (χ2v) is 6.06. The van der Waals surface area contributed by atoms with E-state index in [0.29, 0.717) is 29.1 Å². The zero-order chi connectivity index (χ0) is 19.2.